The van der Waals surface area contributed by atoms with Crippen LogP contribution in [0, 0.1) is 3.57 Å². The molecule has 0 aliphatic heterocycles. The van der Waals surface area contributed by atoms with Gasteiger partial charge in [-0.25, -0.2) is 4.79 Å². The minimum Gasteiger partial charge on any atom is -0.493 e. The van der Waals surface area contributed by atoms with Crippen LogP contribution in [0.5, 0.6) is 5.75 Å². The summed E-state index contributed by atoms with van der Waals surface area (Å²) in [5.41, 5.74) is 0.476. The fourth-order valence-electron chi connectivity index (χ4n) is 0.867. The van der Waals surface area contributed by atoms with Gasteiger partial charge in [0.2, 0.25) is 6.08 Å². The molecule has 0 aliphatic carbocycles. The number of nitrogens with zero attached hydrogens (tertiary/aromatic N) is 1. The second-order valence-electron chi connectivity index (χ2n) is 2.11. The molecule has 68 valence electrons. The van der Waals surface area contributed by atoms with Crippen LogP contribution in [0.15, 0.2) is 21.6 Å². The summed E-state index contributed by atoms with van der Waals surface area (Å²) in [6, 6.07) is 3.67. The Balaban J connectivity index is 3.42. The number of hydrogen-bond acceptors (Lipinski definition) is 3. The van der Waals surface area contributed by atoms with Gasteiger partial charge in [0.1, 0.15) is 5.69 Å². The van der Waals surface area contributed by atoms with Gasteiger partial charge in [0.25, 0.3) is 0 Å². The maximum absolute atomic E-state index is 10.1. The number of rotatable bonds is 2. The van der Waals surface area contributed by atoms with Crippen LogP contribution >= 0.6 is 38.5 Å². The van der Waals surface area contributed by atoms with Crippen molar-refractivity contribution in [3.8, 4) is 5.75 Å². The van der Waals surface area contributed by atoms with Crippen LogP contribution in [-0.2, 0) is 4.79 Å². The monoisotopic (exact) mass is 353 g/mol. The highest BCUT2D eigenvalue weighted by Gasteiger charge is 2.10. The lowest BCUT2D eigenvalue weighted by molar-refractivity contribution is 0.413. The van der Waals surface area contributed by atoms with Gasteiger partial charge in [0.05, 0.1) is 10.7 Å². The van der Waals surface area contributed by atoms with E-state index >= 15 is 0 Å². The van der Waals surface area contributed by atoms with E-state index in [1.165, 1.54) is 13.2 Å². The zero-order valence-corrected chi connectivity index (χ0v) is 10.4. The van der Waals surface area contributed by atoms with Gasteiger partial charge in [-0.05, 0) is 50.7 Å². The van der Waals surface area contributed by atoms with Gasteiger partial charge < -0.3 is 4.74 Å². The third-order valence-electron chi connectivity index (χ3n) is 1.40. The van der Waals surface area contributed by atoms with Crippen molar-refractivity contribution in [2.45, 2.75) is 0 Å². The first kappa shape index (κ1) is 10.7. The largest absolute Gasteiger partial charge is 0.493 e. The van der Waals surface area contributed by atoms with E-state index in [1.54, 1.807) is 6.07 Å². The van der Waals surface area contributed by atoms with Crippen molar-refractivity contribution in [2.75, 3.05) is 7.11 Å². The number of methoxy groups -OCH3 is 1. The van der Waals surface area contributed by atoms with E-state index < -0.39 is 0 Å². The third kappa shape index (κ3) is 2.30. The molecule has 0 saturated heterocycles. The van der Waals surface area contributed by atoms with Crippen molar-refractivity contribution in [1.29, 1.82) is 0 Å². The molecule has 0 spiro atoms. The lowest BCUT2D eigenvalue weighted by atomic mass is 10.3. The predicted octanol–water partition coefficient (Wildman–Crippen LogP) is 3.03. The van der Waals surface area contributed by atoms with Gasteiger partial charge in [-0.3, -0.25) is 0 Å². The van der Waals surface area contributed by atoms with E-state index in [0.717, 1.165) is 3.57 Å². The molecule has 0 atom stereocenters. The molecule has 0 fully saturated rings. The van der Waals surface area contributed by atoms with Gasteiger partial charge in [-0.15, -0.1) is 0 Å². The molecule has 0 aromatic heterocycles. The SMILES string of the molecule is COc1c(I)ccc(Br)c1N=C=O. The second kappa shape index (κ2) is 4.74. The van der Waals surface area contributed by atoms with Crippen LogP contribution in [0.3, 0.4) is 0 Å². The van der Waals surface area contributed by atoms with Gasteiger partial charge >= 0.3 is 0 Å². The number of halogens is 2. The Bertz CT molecular complexity index is 375. The van der Waals surface area contributed by atoms with Crippen LogP contribution in [0.4, 0.5) is 5.69 Å². The average molecular weight is 354 g/mol. The van der Waals surface area contributed by atoms with E-state index in [0.29, 0.717) is 15.9 Å². The quantitative estimate of drug-likeness (QED) is 0.465. The minimum absolute atomic E-state index is 0.476. The average Bonchev–Trinajstić information content (AvgIpc) is 2.12. The summed E-state index contributed by atoms with van der Waals surface area (Å²) in [6.07, 6.45) is 1.49. The Morgan fingerprint density at radius 1 is 1.62 bits per heavy atom. The molecule has 0 radical (unpaired) electrons. The van der Waals surface area contributed by atoms with Gasteiger partial charge in [-0.2, -0.15) is 4.99 Å². The molecule has 0 aliphatic rings. The minimum atomic E-state index is 0.476. The summed E-state index contributed by atoms with van der Waals surface area (Å²) in [6.45, 7) is 0. The van der Waals surface area contributed by atoms with Gasteiger partial charge in [0, 0.05) is 4.47 Å². The summed E-state index contributed by atoms with van der Waals surface area (Å²) in [7, 11) is 1.54. The lowest BCUT2D eigenvalue weighted by Gasteiger charge is -2.06. The molecule has 0 amide bonds. The Morgan fingerprint density at radius 2 is 2.31 bits per heavy atom. The highest BCUT2D eigenvalue weighted by Crippen LogP contribution is 2.38. The number of aliphatic imine (C=N–C) groups is 1. The first-order valence-corrected chi connectivity index (χ1v) is 5.17. The summed E-state index contributed by atoms with van der Waals surface area (Å²) in [5, 5.41) is 0. The van der Waals surface area contributed by atoms with Crippen LogP contribution in [0.25, 0.3) is 0 Å². The highest BCUT2D eigenvalue weighted by atomic mass is 127. The summed E-state index contributed by atoms with van der Waals surface area (Å²) in [4.78, 5) is 13.7. The zero-order chi connectivity index (χ0) is 9.84. The molecular formula is C8H5BrINO2. The molecule has 0 heterocycles. The van der Waals surface area contributed by atoms with Gasteiger partial charge in [0.15, 0.2) is 5.75 Å². The fraction of sp³-hybridized carbons (Fsp3) is 0.125. The number of carbonyl (C=O) groups excluding carboxylic acids is 1. The molecule has 5 heteroatoms. The van der Waals surface area contributed by atoms with Crippen LogP contribution < -0.4 is 4.74 Å². The molecule has 1 rings (SSSR count). The molecule has 0 saturated carbocycles. The Kier molecular flexibility index (Phi) is 3.90. The van der Waals surface area contributed by atoms with Crippen LogP contribution in [-0.4, -0.2) is 13.2 Å². The first-order valence-electron chi connectivity index (χ1n) is 3.30. The number of hydrogen-bond donors (Lipinski definition) is 0. The van der Waals surface area contributed by atoms with Crippen molar-refractivity contribution in [1.82, 2.24) is 0 Å². The smallest absolute Gasteiger partial charge is 0.240 e. The summed E-state index contributed by atoms with van der Waals surface area (Å²) in [5.74, 6) is 0.582. The first-order chi connectivity index (χ1) is 6.20. The van der Waals surface area contributed by atoms with Crippen molar-refractivity contribution < 1.29 is 9.53 Å². The van der Waals surface area contributed by atoms with Crippen LogP contribution in [0.2, 0.25) is 0 Å². The second-order valence-corrected chi connectivity index (χ2v) is 4.13. The van der Waals surface area contributed by atoms with E-state index in [-0.39, 0.29) is 0 Å². The van der Waals surface area contributed by atoms with Crippen molar-refractivity contribution in [3.63, 3.8) is 0 Å². The molecule has 0 N–H and O–H groups in total. The fourth-order valence-corrected chi connectivity index (χ4v) is 1.92. The Hall–Kier alpha value is -0.390. The van der Waals surface area contributed by atoms with Crippen molar-refractivity contribution >= 4 is 50.3 Å². The Labute approximate surface area is 97.5 Å². The zero-order valence-electron chi connectivity index (χ0n) is 6.67. The summed E-state index contributed by atoms with van der Waals surface area (Å²) < 4.78 is 6.72. The number of isocyanates is 1. The maximum atomic E-state index is 10.1. The van der Waals surface area contributed by atoms with E-state index in [1.807, 2.05) is 6.07 Å². The van der Waals surface area contributed by atoms with Gasteiger partial charge in [-0.1, -0.05) is 0 Å². The molecule has 1 aromatic rings. The maximum Gasteiger partial charge on any atom is 0.240 e. The number of benzene rings is 1. The lowest BCUT2D eigenvalue weighted by Crippen LogP contribution is -1.87. The molecular weight excluding hydrogens is 349 g/mol. The Morgan fingerprint density at radius 3 is 2.85 bits per heavy atom. The van der Waals surface area contributed by atoms with Crippen molar-refractivity contribution in [2.24, 2.45) is 4.99 Å². The highest BCUT2D eigenvalue weighted by molar-refractivity contribution is 14.1. The molecule has 3 nitrogen and oxygen atoms in total. The summed E-state index contributed by atoms with van der Waals surface area (Å²) >= 11 is 5.37. The van der Waals surface area contributed by atoms with Crippen LogP contribution in [0.1, 0.15) is 0 Å². The molecule has 1 aromatic carbocycles. The topological polar surface area (TPSA) is 38.7 Å². The van der Waals surface area contributed by atoms with E-state index in [2.05, 4.69) is 43.5 Å². The predicted molar refractivity (Wildman–Crippen MR) is 61.2 cm³/mol. The molecule has 0 bridgehead atoms. The van der Waals surface area contributed by atoms with Crippen molar-refractivity contribution in [3.05, 3.63) is 20.2 Å². The standard InChI is InChI=1S/C8H5BrINO2/c1-13-8-6(10)3-2-5(9)7(8)11-4-12/h2-3H,1H3. The number of ether oxygens (including phenoxy) is 1. The van der Waals surface area contributed by atoms with E-state index in [9.17, 15) is 4.79 Å². The normalized spacial score (nSPS) is 9.15. The third-order valence-corrected chi connectivity index (χ3v) is 2.89. The molecule has 0 unspecified atom stereocenters. The molecule has 13 heavy (non-hydrogen) atoms. The van der Waals surface area contributed by atoms with E-state index in [4.69, 9.17) is 4.74 Å².